The molecule has 198 valence electrons. The Labute approximate surface area is 218 Å². The van der Waals surface area contributed by atoms with Crippen LogP contribution in [-0.4, -0.2) is 23.2 Å². The smallest absolute Gasteiger partial charge is 0.410 e. The van der Waals surface area contributed by atoms with Crippen molar-refractivity contribution in [3.05, 3.63) is 77.9 Å². The highest BCUT2D eigenvalue weighted by Crippen LogP contribution is 2.19. The maximum Gasteiger partial charge on any atom is 0.410 e. The van der Waals surface area contributed by atoms with Crippen LogP contribution in [0.15, 0.2) is 61.2 Å². The number of amides is 1. The predicted octanol–water partition coefficient (Wildman–Crippen LogP) is 7.77. The van der Waals surface area contributed by atoms with Crippen LogP contribution < -0.4 is 10.5 Å². The van der Waals surface area contributed by atoms with Crippen LogP contribution in [0.3, 0.4) is 0 Å². The fourth-order valence-electron chi connectivity index (χ4n) is 3.89. The van der Waals surface area contributed by atoms with Gasteiger partial charge in [0.2, 0.25) is 0 Å². The fourth-order valence-corrected chi connectivity index (χ4v) is 3.89. The Bertz CT molecular complexity index is 886. The van der Waals surface area contributed by atoms with Crippen LogP contribution in [0.1, 0.15) is 88.8 Å². The van der Waals surface area contributed by atoms with E-state index in [0.717, 1.165) is 41.9 Å². The van der Waals surface area contributed by atoms with E-state index >= 15 is 0 Å². The highest BCUT2D eigenvalue weighted by molar-refractivity contribution is 5.68. The molecular formula is C31H46N2O3. The first-order chi connectivity index (χ1) is 17.3. The lowest BCUT2D eigenvalue weighted by Crippen LogP contribution is -2.36. The summed E-state index contributed by atoms with van der Waals surface area (Å²) in [4.78, 5) is 14.7. The molecule has 0 atom stereocenters. The lowest BCUT2D eigenvalue weighted by molar-refractivity contribution is 0.0216. The molecule has 0 radical (unpaired) electrons. The zero-order chi connectivity index (χ0) is 26.2. The molecule has 0 spiro atoms. The molecule has 2 aromatic rings. The molecule has 0 saturated heterocycles. The first kappa shape index (κ1) is 29.4. The van der Waals surface area contributed by atoms with Gasteiger partial charge in [0.25, 0.3) is 0 Å². The second kappa shape index (κ2) is 16.1. The summed E-state index contributed by atoms with van der Waals surface area (Å²) in [6.45, 7) is 11.6. The van der Waals surface area contributed by atoms with Gasteiger partial charge in [0.15, 0.2) is 0 Å². The lowest BCUT2D eigenvalue weighted by atomic mass is 10.1. The van der Waals surface area contributed by atoms with Crippen molar-refractivity contribution >= 4 is 6.09 Å². The van der Waals surface area contributed by atoms with Crippen LogP contribution in [0, 0.1) is 0 Å². The molecule has 5 heteroatoms. The van der Waals surface area contributed by atoms with E-state index < -0.39 is 5.60 Å². The third-order valence-electron chi connectivity index (χ3n) is 5.90. The Morgan fingerprint density at radius 3 is 1.86 bits per heavy atom. The summed E-state index contributed by atoms with van der Waals surface area (Å²) in [6.07, 6.45) is 11.5. The number of unbranched alkanes of at least 4 members (excludes halogenated alkanes) is 7. The van der Waals surface area contributed by atoms with Gasteiger partial charge in [-0.3, -0.25) is 4.90 Å². The van der Waals surface area contributed by atoms with Gasteiger partial charge in [-0.15, -0.1) is 6.58 Å². The van der Waals surface area contributed by atoms with Crippen molar-refractivity contribution in [2.75, 3.05) is 6.61 Å². The molecule has 0 heterocycles. The van der Waals surface area contributed by atoms with Crippen LogP contribution in [0.25, 0.3) is 0 Å². The number of benzene rings is 2. The summed E-state index contributed by atoms with van der Waals surface area (Å²) >= 11 is 0. The zero-order valence-corrected chi connectivity index (χ0v) is 22.6. The topological polar surface area (TPSA) is 64.8 Å². The number of allylic oxidation sites excluding steroid dienone is 1. The van der Waals surface area contributed by atoms with Crippen LogP contribution >= 0.6 is 0 Å². The monoisotopic (exact) mass is 494 g/mol. The zero-order valence-electron chi connectivity index (χ0n) is 22.6. The molecule has 0 saturated carbocycles. The maximum atomic E-state index is 12.9. The number of hydrogen-bond acceptors (Lipinski definition) is 4. The van der Waals surface area contributed by atoms with Gasteiger partial charge in [-0.05, 0) is 68.9 Å². The minimum Gasteiger partial charge on any atom is -0.494 e. The molecule has 0 bridgehead atoms. The summed E-state index contributed by atoms with van der Waals surface area (Å²) in [5, 5.41) is 0. The molecule has 0 unspecified atom stereocenters. The maximum absolute atomic E-state index is 12.9. The Kier molecular flexibility index (Phi) is 13.1. The van der Waals surface area contributed by atoms with Crippen molar-refractivity contribution in [1.29, 1.82) is 0 Å². The highest BCUT2D eigenvalue weighted by atomic mass is 16.6. The summed E-state index contributed by atoms with van der Waals surface area (Å²) < 4.78 is 11.6. The average molecular weight is 495 g/mol. The summed E-state index contributed by atoms with van der Waals surface area (Å²) in [7, 11) is 0. The van der Waals surface area contributed by atoms with E-state index in [1.165, 1.54) is 38.5 Å². The predicted molar refractivity (Wildman–Crippen MR) is 149 cm³/mol. The quantitative estimate of drug-likeness (QED) is 0.191. The van der Waals surface area contributed by atoms with Crippen molar-refractivity contribution in [2.24, 2.45) is 5.73 Å². The molecule has 2 rings (SSSR count). The molecule has 0 aliphatic heterocycles. The van der Waals surface area contributed by atoms with Gasteiger partial charge in [0.1, 0.15) is 11.4 Å². The van der Waals surface area contributed by atoms with Crippen molar-refractivity contribution < 1.29 is 14.3 Å². The number of carbonyl (C=O) groups is 1. The third kappa shape index (κ3) is 12.3. The Balaban J connectivity index is 1.83. The lowest BCUT2D eigenvalue weighted by Gasteiger charge is -2.27. The number of hydrogen-bond donors (Lipinski definition) is 1. The standard InChI is InChI=1S/C31H46N2O3/c1-5-6-7-8-9-10-11-12-13-22-35-29-20-18-28(19-21-29)25-33(30(34)36-31(2,3)4)24-27-16-14-26(23-32)15-17-27/h5,14-21H,1,6-13,22-25,32H2,2-4H3. The minimum absolute atomic E-state index is 0.327. The summed E-state index contributed by atoms with van der Waals surface area (Å²) in [6, 6.07) is 16.0. The molecule has 1 amide bonds. The SMILES string of the molecule is C=CCCCCCCCCCOc1ccc(CN(Cc2ccc(CN)cc2)C(=O)OC(C)(C)C)cc1. The van der Waals surface area contributed by atoms with Gasteiger partial charge in [0, 0.05) is 19.6 Å². The van der Waals surface area contributed by atoms with Gasteiger partial charge < -0.3 is 15.2 Å². The van der Waals surface area contributed by atoms with Crippen molar-refractivity contribution in [3.63, 3.8) is 0 Å². The molecular weight excluding hydrogens is 448 g/mol. The molecule has 0 fully saturated rings. The average Bonchev–Trinajstić information content (AvgIpc) is 2.85. The molecule has 0 aromatic heterocycles. The summed E-state index contributed by atoms with van der Waals surface area (Å²) in [5.41, 5.74) is 8.29. The molecule has 5 nitrogen and oxygen atoms in total. The van der Waals surface area contributed by atoms with E-state index in [9.17, 15) is 4.79 Å². The van der Waals surface area contributed by atoms with E-state index in [-0.39, 0.29) is 6.09 Å². The number of ether oxygens (including phenoxy) is 2. The van der Waals surface area contributed by atoms with Gasteiger partial charge >= 0.3 is 6.09 Å². The first-order valence-corrected chi connectivity index (χ1v) is 13.4. The van der Waals surface area contributed by atoms with Crippen LogP contribution in [0.2, 0.25) is 0 Å². The van der Waals surface area contributed by atoms with E-state index in [1.54, 1.807) is 4.90 Å². The van der Waals surface area contributed by atoms with Crippen molar-refractivity contribution in [3.8, 4) is 5.75 Å². The number of carbonyl (C=O) groups excluding carboxylic acids is 1. The Morgan fingerprint density at radius 1 is 0.833 bits per heavy atom. The van der Waals surface area contributed by atoms with Crippen LogP contribution in [0.5, 0.6) is 5.75 Å². The normalized spacial score (nSPS) is 11.2. The minimum atomic E-state index is -0.554. The number of rotatable bonds is 16. The van der Waals surface area contributed by atoms with Gasteiger partial charge in [-0.2, -0.15) is 0 Å². The molecule has 0 aliphatic carbocycles. The molecule has 36 heavy (non-hydrogen) atoms. The van der Waals surface area contributed by atoms with E-state index in [4.69, 9.17) is 15.2 Å². The third-order valence-corrected chi connectivity index (χ3v) is 5.90. The second-order valence-corrected chi connectivity index (χ2v) is 10.4. The Morgan fingerprint density at radius 2 is 1.33 bits per heavy atom. The molecule has 2 aromatic carbocycles. The largest absolute Gasteiger partial charge is 0.494 e. The van der Waals surface area contributed by atoms with Gasteiger partial charge in [-0.1, -0.05) is 74.6 Å². The van der Waals surface area contributed by atoms with Crippen molar-refractivity contribution in [1.82, 2.24) is 4.90 Å². The number of nitrogens with two attached hydrogens (primary N) is 1. The van der Waals surface area contributed by atoms with E-state index in [0.29, 0.717) is 19.6 Å². The van der Waals surface area contributed by atoms with Crippen LogP contribution in [0.4, 0.5) is 4.79 Å². The Hall–Kier alpha value is -2.79. The second-order valence-electron chi connectivity index (χ2n) is 10.4. The fraction of sp³-hybridized carbons (Fsp3) is 0.516. The van der Waals surface area contributed by atoms with Crippen molar-refractivity contribution in [2.45, 2.75) is 97.4 Å². The summed E-state index contributed by atoms with van der Waals surface area (Å²) in [5.74, 6) is 0.865. The molecule has 0 aliphatic rings. The molecule has 2 N–H and O–H groups in total. The first-order valence-electron chi connectivity index (χ1n) is 13.4. The van der Waals surface area contributed by atoms with Gasteiger partial charge in [0.05, 0.1) is 6.61 Å². The van der Waals surface area contributed by atoms with Crippen LogP contribution in [-0.2, 0) is 24.4 Å². The number of nitrogens with zero attached hydrogens (tertiary/aromatic N) is 1. The van der Waals surface area contributed by atoms with E-state index in [1.807, 2.05) is 75.4 Å². The highest BCUT2D eigenvalue weighted by Gasteiger charge is 2.22. The van der Waals surface area contributed by atoms with Gasteiger partial charge in [-0.25, -0.2) is 4.79 Å². The van der Waals surface area contributed by atoms with E-state index in [2.05, 4.69) is 6.58 Å².